The van der Waals surface area contributed by atoms with Crippen LogP contribution in [-0.4, -0.2) is 19.0 Å². The molecule has 19 heavy (non-hydrogen) atoms. The number of aryl methyl sites for hydroxylation is 1. The molecule has 0 spiro atoms. The molecule has 2 N–H and O–H groups in total. The molecule has 3 nitrogen and oxygen atoms in total. The van der Waals surface area contributed by atoms with Crippen LogP contribution in [0.1, 0.15) is 31.2 Å². The minimum absolute atomic E-state index is 0.149. The lowest BCUT2D eigenvalue weighted by molar-refractivity contribution is -0.123. The molecule has 0 radical (unpaired) electrons. The van der Waals surface area contributed by atoms with Crippen molar-refractivity contribution in [3.05, 3.63) is 29.8 Å². The molecular weight excluding hydrogens is 236 g/mol. The number of nitrogens with two attached hydrogens (primary N) is 1. The topological polar surface area (TPSA) is 46.3 Å². The first-order chi connectivity index (χ1) is 9.31. The zero-order valence-corrected chi connectivity index (χ0v) is 11.3. The third kappa shape index (κ3) is 2.27. The van der Waals surface area contributed by atoms with E-state index in [0.717, 1.165) is 44.3 Å². The molecule has 1 heterocycles. The standard InChI is InChI=1S/C16H22N2O/c17-11-13-6-3-8-14(13)16(19)18-10-4-7-12-5-1-2-9-15(12)18/h1-2,5,9,13-14H,3-4,6-8,10-11,17H2. The second-order valence-electron chi connectivity index (χ2n) is 5.76. The van der Waals surface area contributed by atoms with Crippen LogP contribution in [0, 0.1) is 11.8 Å². The first kappa shape index (κ1) is 12.7. The van der Waals surface area contributed by atoms with Gasteiger partial charge in [0, 0.05) is 18.2 Å². The number of hydrogen-bond donors (Lipinski definition) is 1. The van der Waals surface area contributed by atoms with Crippen LogP contribution in [0.3, 0.4) is 0 Å². The third-order valence-electron chi connectivity index (χ3n) is 4.66. The van der Waals surface area contributed by atoms with E-state index in [9.17, 15) is 4.79 Å². The van der Waals surface area contributed by atoms with E-state index in [1.807, 2.05) is 11.0 Å². The number of para-hydroxylation sites is 1. The van der Waals surface area contributed by atoms with Gasteiger partial charge < -0.3 is 10.6 Å². The van der Waals surface area contributed by atoms with Gasteiger partial charge >= 0.3 is 0 Å². The zero-order valence-electron chi connectivity index (χ0n) is 11.3. The molecule has 2 unspecified atom stereocenters. The van der Waals surface area contributed by atoms with Crippen LogP contribution in [0.25, 0.3) is 0 Å². The highest BCUT2D eigenvalue weighted by Gasteiger charge is 2.36. The average molecular weight is 258 g/mol. The first-order valence-corrected chi connectivity index (χ1v) is 7.40. The lowest BCUT2D eigenvalue weighted by Gasteiger charge is -2.32. The highest BCUT2D eigenvalue weighted by molar-refractivity contribution is 5.96. The van der Waals surface area contributed by atoms with Gasteiger partial charge in [0.05, 0.1) is 0 Å². The Bertz CT molecular complexity index is 472. The Morgan fingerprint density at radius 3 is 2.95 bits per heavy atom. The van der Waals surface area contributed by atoms with E-state index < -0.39 is 0 Å². The van der Waals surface area contributed by atoms with E-state index in [4.69, 9.17) is 5.73 Å². The molecule has 0 aromatic heterocycles. The molecule has 0 saturated heterocycles. The molecule has 1 aliphatic carbocycles. The largest absolute Gasteiger partial charge is 0.330 e. The lowest BCUT2D eigenvalue weighted by Crippen LogP contribution is -2.41. The fourth-order valence-corrected chi connectivity index (χ4v) is 3.61. The smallest absolute Gasteiger partial charge is 0.230 e. The summed E-state index contributed by atoms with van der Waals surface area (Å²) in [6.07, 6.45) is 5.43. The van der Waals surface area contributed by atoms with Crippen molar-refractivity contribution in [3.63, 3.8) is 0 Å². The number of amides is 1. The fourth-order valence-electron chi connectivity index (χ4n) is 3.61. The van der Waals surface area contributed by atoms with E-state index in [1.54, 1.807) is 0 Å². The molecule has 102 valence electrons. The summed E-state index contributed by atoms with van der Waals surface area (Å²) in [4.78, 5) is 14.8. The van der Waals surface area contributed by atoms with Crippen LogP contribution in [0.15, 0.2) is 24.3 Å². The first-order valence-electron chi connectivity index (χ1n) is 7.40. The highest BCUT2D eigenvalue weighted by atomic mass is 16.2. The van der Waals surface area contributed by atoms with Crippen molar-refractivity contribution in [3.8, 4) is 0 Å². The number of carbonyl (C=O) groups excluding carboxylic acids is 1. The Kier molecular flexibility index (Phi) is 3.56. The Hall–Kier alpha value is -1.35. The maximum absolute atomic E-state index is 12.8. The second kappa shape index (κ2) is 5.33. The lowest BCUT2D eigenvalue weighted by atomic mass is 9.92. The molecular formula is C16H22N2O. The van der Waals surface area contributed by atoms with Gasteiger partial charge in [0.15, 0.2) is 0 Å². The van der Waals surface area contributed by atoms with Gasteiger partial charge in [0.2, 0.25) is 5.91 Å². The molecule has 1 fully saturated rings. The number of anilines is 1. The van der Waals surface area contributed by atoms with Crippen molar-refractivity contribution in [2.45, 2.75) is 32.1 Å². The van der Waals surface area contributed by atoms with Crippen LogP contribution in [0.5, 0.6) is 0 Å². The molecule has 0 bridgehead atoms. The van der Waals surface area contributed by atoms with E-state index >= 15 is 0 Å². The van der Waals surface area contributed by atoms with Gasteiger partial charge in [0.1, 0.15) is 0 Å². The number of rotatable bonds is 2. The van der Waals surface area contributed by atoms with Crippen molar-refractivity contribution in [2.75, 3.05) is 18.0 Å². The molecule has 1 aromatic rings. The van der Waals surface area contributed by atoms with E-state index in [1.165, 1.54) is 5.56 Å². The van der Waals surface area contributed by atoms with Gasteiger partial charge in [-0.1, -0.05) is 24.6 Å². The number of hydrogen-bond acceptors (Lipinski definition) is 2. The Morgan fingerprint density at radius 2 is 2.11 bits per heavy atom. The van der Waals surface area contributed by atoms with Crippen LogP contribution in [0.2, 0.25) is 0 Å². The van der Waals surface area contributed by atoms with E-state index in [-0.39, 0.29) is 5.92 Å². The van der Waals surface area contributed by atoms with Gasteiger partial charge in [-0.2, -0.15) is 0 Å². The van der Waals surface area contributed by atoms with E-state index in [0.29, 0.717) is 18.4 Å². The fraction of sp³-hybridized carbons (Fsp3) is 0.562. The quantitative estimate of drug-likeness (QED) is 0.885. The zero-order chi connectivity index (χ0) is 13.2. The second-order valence-corrected chi connectivity index (χ2v) is 5.76. The molecule has 1 aromatic carbocycles. The van der Waals surface area contributed by atoms with Gasteiger partial charge in [-0.05, 0) is 49.8 Å². The van der Waals surface area contributed by atoms with Crippen LogP contribution in [0.4, 0.5) is 5.69 Å². The van der Waals surface area contributed by atoms with Crippen molar-refractivity contribution in [1.82, 2.24) is 0 Å². The molecule has 3 heteroatoms. The third-order valence-corrected chi connectivity index (χ3v) is 4.66. The molecule has 3 rings (SSSR count). The summed E-state index contributed by atoms with van der Waals surface area (Å²) in [5.74, 6) is 0.845. The average Bonchev–Trinajstić information content (AvgIpc) is 2.94. The van der Waals surface area contributed by atoms with Gasteiger partial charge in [-0.25, -0.2) is 0 Å². The summed E-state index contributed by atoms with van der Waals surface area (Å²) in [6.45, 7) is 1.51. The minimum Gasteiger partial charge on any atom is -0.330 e. The number of carbonyl (C=O) groups is 1. The predicted octanol–water partition coefficient (Wildman–Crippen LogP) is 2.34. The maximum Gasteiger partial charge on any atom is 0.230 e. The van der Waals surface area contributed by atoms with Crippen molar-refractivity contribution in [1.29, 1.82) is 0 Å². The normalized spacial score (nSPS) is 26.3. The van der Waals surface area contributed by atoms with Crippen molar-refractivity contribution >= 4 is 11.6 Å². The van der Waals surface area contributed by atoms with Crippen molar-refractivity contribution < 1.29 is 4.79 Å². The van der Waals surface area contributed by atoms with Gasteiger partial charge in [-0.15, -0.1) is 0 Å². The molecule has 2 atom stereocenters. The van der Waals surface area contributed by atoms with Crippen molar-refractivity contribution in [2.24, 2.45) is 17.6 Å². The molecule has 2 aliphatic rings. The summed E-state index contributed by atoms with van der Waals surface area (Å²) in [5, 5.41) is 0. The monoisotopic (exact) mass is 258 g/mol. The summed E-state index contributed by atoms with van der Waals surface area (Å²) in [7, 11) is 0. The molecule has 1 aliphatic heterocycles. The Labute approximate surface area is 114 Å². The van der Waals surface area contributed by atoms with Gasteiger partial charge in [0.25, 0.3) is 0 Å². The Balaban J connectivity index is 1.85. The summed E-state index contributed by atoms with van der Waals surface area (Å²) >= 11 is 0. The predicted molar refractivity (Wildman–Crippen MR) is 77.0 cm³/mol. The Morgan fingerprint density at radius 1 is 1.26 bits per heavy atom. The summed E-state index contributed by atoms with van der Waals surface area (Å²) in [5.41, 5.74) is 8.25. The molecule has 1 amide bonds. The minimum atomic E-state index is 0.149. The molecule has 1 saturated carbocycles. The number of nitrogens with zero attached hydrogens (tertiary/aromatic N) is 1. The van der Waals surface area contributed by atoms with Crippen LogP contribution < -0.4 is 10.6 Å². The van der Waals surface area contributed by atoms with Gasteiger partial charge in [-0.3, -0.25) is 4.79 Å². The van der Waals surface area contributed by atoms with E-state index in [2.05, 4.69) is 18.2 Å². The van der Waals surface area contributed by atoms with Crippen LogP contribution >= 0.6 is 0 Å². The number of benzene rings is 1. The summed E-state index contributed by atoms with van der Waals surface area (Å²) in [6, 6.07) is 8.31. The number of fused-ring (bicyclic) bond motifs is 1. The SMILES string of the molecule is NCC1CCCC1C(=O)N1CCCc2ccccc21. The summed E-state index contributed by atoms with van der Waals surface area (Å²) < 4.78 is 0. The maximum atomic E-state index is 12.8. The highest BCUT2D eigenvalue weighted by Crippen LogP contribution is 2.35. The van der Waals surface area contributed by atoms with Crippen LogP contribution in [-0.2, 0) is 11.2 Å².